The van der Waals surface area contributed by atoms with Crippen molar-refractivity contribution in [3.05, 3.63) is 89.2 Å². The highest BCUT2D eigenvalue weighted by atomic mass is 35.5. The van der Waals surface area contributed by atoms with Crippen molar-refractivity contribution >= 4 is 45.6 Å². The van der Waals surface area contributed by atoms with Gasteiger partial charge in [-0.15, -0.1) is 0 Å². The number of benzene rings is 3. The maximum absolute atomic E-state index is 13.2. The Hall–Kier alpha value is -4.19. The number of nitrogens with one attached hydrogen (secondary N) is 2. The molecule has 0 fully saturated rings. The standard InChI is InChI=1S/C30H29ClF3N5O3/c1-29(2,41)22-15-26(42-20-8-5-7-18(13-20)30(32,33)34)23(31)16-25(22)38-28-21-14-19(10-11-24(21)35-17-36-28)37-27(40)9-6-12-39(3)4/h5-11,13-17,41H,12H2,1-4H3,(H,37,40)(H,35,36,38). The number of halogens is 4. The molecule has 3 N–H and O–H groups in total. The van der Waals surface area contributed by atoms with Crippen LogP contribution in [0.25, 0.3) is 10.9 Å². The molecule has 0 bridgehead atoms. The average molecular weight is 600 g/mol. The number of amides is 1. The van der Waals surface area contributed by atoms with Gasteiger partial charge in [0.05, 0.1) is 21.7 Å². The van der Waals surface area contributed by atoms with E-state index < -0.39 is 17.3 Å². The van der Waals surface area contributed by atoms with E-state index in [1.54, 1.807) is 38.1 Å². The highest BCUT2D eigenvalue weighted by Crippen LogP contribution is 2.41. The summed E-state index contributed by atoms with van der Waals surface area (Å²) in [7, 11) is 3.79. The van der Waals surface area contributed by atoms with Gasteiger partial charge in [0, 0.05) is 34.9 Å². The van der Waals surface area contributed by atoms with Crippen molar-refractivity contribution in [3.63, 3.8) is 0 Å². The average Bonchev–Trinajstić information content (AvgIpc) is 2.89. The predicted molar refractivity (Wildman–Crippen MR) is 157 cm³/mol. The summed E-state index contributed by atoms with van der Waals surface area (Å²) >= 11 is 6.50. The molecule has 1 aromatic heterocycles. The molecule has 42 heavy (non-hydrogen) atoms. The number of aliphatic hydroxyl groups is 1. The Labute approximate surface area is 245 Å². The van der Waals surface area contributed by atoms with Crippen LogP contribution in [0, 0.1) is 0 Å². The molecule has 0 aliphatic carbocycles. The number of rotatable bonds is 9. The Morgan fingerprint density at radius 2 is 1.86 bits per heavy atom. The summed E-state index contributed by atoms with van der Waals surface area (Å²) in [6.07, 6.45) is 0.0185. The van der Waals surface area contributed by atoms with E-state index >= 15 is 0 Å². The third-order valence-corrected chi connectivity index (χ3v) is 6.31. The summed E-state index contributed by atoms with van der Waals surface area (Å²) in [4.78, 5) is 22.9. The molecular weight excluding hydrogens is 571 g/mol. The van der Waals surface area contributed by atoms with E-state index in [4.69, 9.17) is 16.3 Å². The smallest absolute Gasteiger partial charge is 0.416 e. The minimum absolute atomic E-state index is 0.0542. The molecule has 1 heterocycles. The lowest BCUT2D eigenvalue weighted by molar-refractivity contribution is -0.137. The van der Waals surface area contributed by atoms with Crippen LogP contribution >= 0.6 is 11.6 Å². The van der Waals surface area contributed by atoms with Crippen molar-refractivity contribution in [1.82, 2.24) is 14.9 Å². The third-order valence-electron chi connectivity index (χ3n) is 6.02. The highest BCUT2D eigenvalue weighted by Gasteiger charge is 2.31. The molecule has 0 unspecified atom stereocenters. The Balaban J connectivity index is 1.67. The normalized spacial score (nSPS) is 12.2. The van der Waals surface area contributed by atoms with Crippen molar-refractivity contribution in [2.45, 2.75) is 25.6 Å². The Bertz CT molecular complexity index is 1640. The number of aromatic nitrogens is 2. The monoisotopic (exact) mass is 599 g/mol. The van der Waals surface area contributed by atoms with Gasteiger partial charge in [-0.1, -0.05) is 23.7 Å². The first-order valence-electron chi connectivity index (χ1n) is 12.8. The van der Waals surface area contributed by atoms with Gasteiger partial charge in [-0.25, -0.2) is 9.97 Å². The fraction of sp³-hybridized carbons (Fsp3) is 0.233. The number of alkyl halides is 3. The SMILES string of the molecule is CN(C)CC=CC(=O)Nc1ccc2ncnc(Nc3cc(Cl)c(Oc4cccc(C(F)(F)F)c4)cc3C(C)(C)O)c2c1. The van der Waals surface area contributed by atoms with Gasteiger partial charge < -0.3 is 25.4 Å². The molecule has 0 aliphatic heterocycles. The first-order chi connectivity index (χ1) is 19.7. The van der Waals surface area contributed by atoms with Crippen molar-refractivity contribution < 1.29 is 27.8 Å². The largest absolute Gasteiger partial charge is 0.456 e. The Morgan fingerprint density at radius 3 is 2.55 bits per heavy atom. The van der Waals surface area contributed by atoms with Crippen LogP contribution in [0.2, 0.25) is 5.02 Å². The van der Waals surface area contributed by atoms with E-state index in [0.29, 0.717) is 40.2 Å². The number of carbonyl (C=O) groups is 1. The molecule has 0 radical (unpaired) electrons. The molecule has 1 amide bonds. The molecular formula is C30H29ClF3N5O3. The van der Waals surface area contributed by atoms with Crippen LogP contribution in [0.1, 0.15) is 25.0 Å². The van der Waals surface area contributed by atoms with Gasteiger partial charge in [-0.2, -0.15) is 13.2 Å². The Morgan fingerprint density at radius 1 is 1.10 bits per heavy atom. The van der Waals surface area contributed by atoms with Crippen LogP contribution in [0.3, 0.4) is 0 Å². The molecule has 3 aromatic carbocycles. The molecule has 12 heteroatoms. The molecule has 0 aliphatic rings. The zero-order chi connectivity index (χ0) is 30.7. The molecule has 4 rings (SSSR count). The zero-order valence-corrected chi connectivity index (χ0v) is 24.0. The number of hydrogen-bond donors (Lipinski definition) is 3. The number of hydrogen-bond acceptors (Lipinski definition) is 7. The molecule has 4 aromatic rings. The van der Waals surface area contributed by atoms with Gasteiger partial charge in [-0.05, 0) is 76.5 Å². The molecule has 0 saturated heterocycles. The van der Waals surface area contributed by atoms with Crippen LogP contribution in [0.5, 0.6) is 11.5 Å². The lowest BCUT2D eigenvalue weighted by Gasteiger charge is -2.24. The fourth-order valence-corrected chi connectivity index (χ4v) is 4.22. The van der Waals surface area contributed by atoms with E-state index in [1.165, 1.54) is 36.7 Å². The van der Waals surface area contributed by atoms with E-state index in [0.717, 1.165) is 12.1 Å². The summed E-state index contributed by atoms with van der Waals surface area (Å²) in [6, 6.07) is 12.5. The fourth-order valence-electron chi connectivity index (χ4n) is 4.02. The van der Waals surface area contributed by atoms with Gasteiger partial charge in [-0.3, -0.25) is 4.79 Å². The molecule has 0 saturated carbocycles. The minimum Gasteiger partial charge on any atom is -0.456 e. The summed E-state index contributed by atoms with van der Waals surface area (Å²) in [5.41, 5.74) is -0.451. The number of carbonyl (C=O) groups excluding carboxylic acids is 1. The van der Waals surface area contributed by atoms with Crippen molar-refractivity contribution in [1.29, 1.82) is 0 Å². The van der Waals surface area contributed by atoms with Crippen LogP contribution in [0.15, 0.2) is 73.1 Å². The van der Waals surface area contributed by atoms with Crippen LogP contribution < -0.4 is 15.4 Å². The lowest BCUT2D eigenvalue weighted by atomic mass is 9.96. The first kappa shape index (κ1) is 30.8. The third kappa shape index (κ3) is 7.75. The van der Waals surface area contributed by atoms with Crippen molar-refractivity contribution in [2.75, 3.05) is 31.3 Å². The maximum atomic E-state index is 13.2. The summed E-state index contributed by atoms with van der Waals surface area (Å²) in [5, 5.41) is 17.6. The molecule has 220 valence electrons. The van der Waals surface area contributed by atoms with Gasteiger partial charge in [0.15, 0.2) is 0 Å². The number of anilines is 3. The van der Waals surface area contributed by atoms with E-state index in [-0.39, 0.29) is 22.4 Å². The van der Waals surface area contributed by atoms with Crippen LogP contribution in [-0.4, -0.2) is 46.5 Å². The second-order valence-electron chi connectivity index (χ2n) is 10.2. The zero-order valence-electron chi connectivity index (χ0n) is 23.3. The molecule has 0 atom stereocenters. The Kier molecular flexibility index (Phi) is 9.05. The second-order valence-corrected chi connectivity index (χ2v) is 10.7. The molecule has 8 nitrogen and oxygen atoms in total. The number of likely N-dealkylation sites (N-methyl/N-ethyl adjacent to an activating group) is 1. The lowest BCUT2D eigenvalue weighted by Crippen LogP contribution is -2.18. The van der Waals surface area contributed by atoms with Crippen molar-refractivity contribution in [2.24, 2.45) is 0 Å². The van der Waals surface area contributed by atoms with Gasteiger partial charge in [0.1, 0.15) is 23.6 Å². The minimum atomic E-state index is -4.54. The summed E-state index contributed by atoms with van der Waals surface area (Å²) in [5.74, 6) is 0.0583. The highest BCUT2D eigenvalue weighted by molar-refractivity contribution is 6.32. The summed E-state index contributed by atoms with van der Waals surface area (Å²) < 4.78 is 45.3. The number of nitrogens with zero attached hydrogens (tertiary/aromatic N) is 3. The topological polar surface area (TPSA) is 99.6 Å². The second kappa shape index (κ2) is 12.4. The van der Waals surface area contributed by atoms with E-state index in [1.807, 2.05) is 19.0 Å². The maximum Gasteiger partial charge on any atom is 0.416 e. The van der Waals surface area contributed by atoms with Gasteiger partial charge in [0.25, 0.3) is 0 Å². The summed E-state index contributed by atoms with van der Waals surface area (Å²) in [6.45, 7) is 3.71. The van der Waals surface area contributed by atoms with E-state index in [9.17, 15) is 23.1 Å². The van der Waals surface area contributed by atoms with Crippen molar-refractivity contribution in [3.8, 4) is 11.5 Å². The number of fused-ring (bicyclic) bond motifs is 1. The van der Waals surface area contributed by atoms with Crippen LogP contribution in [-0.2, 0) is 16.6 Å². The first-order valence-corrected chi connectivity index (χ1v) is 13.1. The predicted octanol–water partition coefficient (Wildman–Crippen LogP) is 7.12. The number of ether oxygens (including phenoxy) is 1. The quantitative estimate of drug-likeness (QED) is 0.176. The van der Waals surface area contributed by atoms with Gasteiger partial charge in [0.2, 0.25) is 5.91 Å². The van der Waals surface area contributed by atoms with Crippen LogP contribution in [0.4, 0.5) is 30.4 Å². The van der Waals surface area contributed by atoms with E-state index in [2.05, 4.69) is 20.6 Å². The van der Waals surface area contributed by atoms with Gasteiger partial charge >= 0.3 is 6.18 Å². The molecule has 0 spiro atoms.